The van der Waals surface area contributed by atoms with E-state index in [0.29, 0.717) is 46.7 Å². The van der Waals surface area contributed by atoms with Gasteiger partial charge in [0.1, 0.15) is 30.6 Å². The van der Waals surface area contributed by atoms with E-state index in [2.05, 4.69) is 5.32 Å². The molecule has 4 aromatic rings. The van der Waals surface area contributed by atoms with Crippen LogP contribution in [-0.2, 0) is 18.0 Å². The normalized spacial score (nSPS) is 10.9. The first-order chi connectivity index (χ1) is 18.9. The van der Waals surface area contributed by atoms with Gasteiger partial charge in [0.2, 0.25) is 0 Å². The Morgan fingerprint density at radius 2 is 1.51 bits per heavy atom. The minimum atomic E-state index is -0.522. The number of anilines is 1. The third-order valence-electron chi connectivity index (χ3n) is 5.81. The highest BCUT2D eigenvalue weighted by atomic mass is 35.5. The first-order valence-electron chi connectivity index (χ1n) is 12.2. The zero-order chi connectivity index (χ0) is 27.6. The molecule has 0 atom stereocenters. The number of nitriles is 1. The number of amides is 1. The van der Waals surface area contributed by atoms with Gasteiger partial charge in [0.25, 0.3) is 5.91 Å². The highest BCUT2D eigenvalue weighted by molar-refractivity contribution is 6.30. The maximum Gasteiger partial charge on any atom is 0.266 e. The maximum absolute atomic E-state index is 12.8. The van der Waals surface area contributed by atoms with Crippen LogP contribution in [0, 0.1) is 18.3 Å². The second kappa shape index (κ2) is 13.2. The molecule has 0 aromatic heterocycles. The zero-order valence-corrected chi connectivity index (χ0v) is 22.4. The van der Waals surface area contributed by atoms with E-state index in [-0.39, 0.29) is 5.57 Å². The average Bonchev–Trinajstić information content (AvgIpc) is 2.96. The van der Waals surface area contributed by atoms with Crippen LogP contribution in [0.3, 0.4) is 0 Å². The largest absolute Gasteiger partial charge is 0.493 e. The lowest BCUT2D eigenvalue weighted by Crippen LogP contribution is -2.13. The predicted molar refractivity (Wildman–Crippen MR) is 153 cm³/mol. The average molecular weight is 539 g/mol. The Bertz CT molecular complexity index is 1490. The number of aryl methyl sites for hydroxylation is 1. The van der Waals surface area contributed by atoms with Gasteiger partial charge in [-0.3, -0.25) is 4.79 Å². The standard InChI is InChI=1S/C32H27ClN2O4/c1-22-3-5-23(6-4-22)21-39-30-16-9-25(18-31(30)37-2)17-26(19-34)32(36)35-28-12-14-29(15-13-28)38-20-24-7-10-27(33)11-8-24/h3-18H,20-21H2,1-2H3,(H,35,36)/b26-17+. The van der Waals surface area contributed by atoms with Gasteiger partial charge in [-0.15, -0.1) is 0 Å². The van der Waals surface area contributed by atoms with E-state index >= 15 is 0 Å². The Kier molecular flexibility index (Phi) is 9.23. The number of benzene rings is 4. The summed E-state index contributed by atoms with van der Waals surface area (Å²) in [4.78, 5) is 12.8. The second-order valence-electron chi connectivity index (χ2n) is 8.75. The molecule has 0 unspecified atom stereocenters. The lowest BCUT2D eigenvalue weighted by molar-refractivity contribution is -0.112. The third-order valence-corrected chi connectivity index (χ3v) is 6.06. The van der Waals surface area contributed by atoms with Gasteiger partial charge < -0.3 is 19.5 Å². The molecule has 0 spiro atoms. The molecule has 4 aromatic carbocycles. The quantitative estimate of drug-likeness (QED) is 0.168. The molecule has 0 bridgehead atoms. The molecular weight excluding hydrogens is 512 g/mol. The third kappa shape index (κ3) is 7.88. The van der Waals surface area contributed by atoms with E-state index in [1.807, 2.05) is 61.5 Å². The molecule has 39 heavy (non-hydrogen) atoms. The summed E-state index contributed by atoms with van der Waals surface area (Å²) in [5, 5.41) is 13.0. The summed E-state index contributed by atoms with van der Waals surface area (Å²) in [6, 6.07) is 29.7. The summed E-state index contributed by atoms with van der Waals surface area (Å²) >= 11 is 5.91. The van der Waals surface area contributed by atoms with Crippen LogP contribution in [0.15, 0.2) is 96.6 Å². The van der Waals surface area contributed by atoms with Crippen LogP contribution >= 0.6 is 11.6 Å². The van der Waals surface area contributed by atoms with Crippen molar-refractivity contribution in [2.24, 2.45) is 0 Å². The number of hydrogen-bond acceptors (Lipinski definition) is 5. The van der Waals surface area contributed by atoms with Crippen LogP contribution in [0.25, 0.3) is 6.08 Å². The molecule has 6 nitrogen and oxygen atoms in total. The first-order valence-corrected chi connectivity index (χ1v) is 12.6. The number of carbonyl (C=O) groups is 1. The topological polar surface area (TPSA) is 80.6 Å². The van der Waals surface area contributed by atoms with Gasteiger partial charge in [-0.2, -0.15) is 5.26 Å². The van der Waals surface area contributed by atoms with Crippen molar-refractivity contribution in [1.29, 1.82) is 5.26 Å². The van der Waals surface area contributed by atoms with Gasteiger partial charge in [0.15, 0.2) is 11.5 Å². The smallest absolute Gasteiger partial charge is 0.266 e. The molecule has 0 saturated heterocycles. The van der Waals surface area contributed by atoms with Crippen molar-refractivity contribution < 1.29 is 19.0 Å². The van der Waals surface area contributed by atoms with Gasteiger partial charge in [-0.1, -0.05) is 59.6 Å². The van der Waals surface area contributed by atoms with Crippen molar-refractivity contribution in [3.8, 4) is 23.3 Å². The van der Waals surface area contributed by atoms with E-state index in [1.165, 1.54) is 11.6 Å². The molecule has 7 heteroatoms. The number of hydrogen-bond donors (Lipinski definition) is 1. The SMILES string of the molecule is COc1cc(/C=C(\C#N)C(=O)Nc2ccc(OCc3ccc(Cl)cc3)cc2)ccc1OCc1ccc(C)cc1. The molecule has 4 rings (SSSR count). The van der Waals surface area contributed by atoms with E-state index in [4.69, 9.17) is 25.8 Å². The lowest BCUT2D eigenvalue weighted by atomic mass is 10.1. The number of nitrogens with one attached hydrogen (secondary N) is 1. The molecule has 1 amide bonds. The van der Waals surface area contributed by atoms with Gasteiger partial charge in [0.05, 0.1) is 7.11 Å². The lowest BCUT2D eigenvalue weighted by Gasteiger charge is -2.12. The van der Waals surface area contributed by atoms with Crippen molar-refractivity contribution in [2.45, 2.75) is 20.1 Å². The summed E-state index contributed by atoms with van der Waals surface area (Å²) in [5.41, 5.74) is 4.33. The summed E-state index contributed by atoms with van der Waals surface area (Å²) in [5.74, 6) is 1.20. The van der Waals surface area contributed by atoms with Crippen molar-refractivity contribution >= 4 is 29.3 Å². The number of ether oxygens (including phenoxy) is 3. The van der Waals surface area contributed by atoms with Crippen molar-refractivity contribution in [3.63, 3.8) is 0 Å². The Hall–Kier alpha value is -4.73. The summed E-state index contributed by atoms with van der Waals surface area (Å²) in [6.07, 6.45) is 1.51. The number of carbonyl (C=O) groups excluding carboxylic acids is 1. The summed E-state index contributed by atoms with van der Waals surface area (Å²) < 4.78 is 17.2. The zero-order valence-electron chi connectivity index (χ0n) is 21.6. The molecule has 196 valence electrons. The first kappa shape index (κ1) is 27.3. The Balaban J connectivity index is 1.37. The monoisotopic (exact) mass is 538 g/mol. The molecule has 1 N–H and O–H groups in total. The molecule has 0 saturated carbocycles. The highest BCUT2D eigenvalue weighted by Gasteiger charge is 2.12. The van der Waals surface area contributed by atoms with Crippen molar-refractivity contribution in [2.75, 3.05) is 12.4 Å². The molecular formula is C32H27ClN2O4. The summed E-state index contributed by atoms with van der Waals surface area (Å²) in [7, 11) is 1.54. The molecule has 0 aliphatic heterocycles. The number of nitrogens with zero attached hydrogens (tertiary/aromatic N) is 1. The van der Waals surface area contributed by atoms with E-state index < -0.39 is 5.91 Å². The fourth-order valence-corrected chi connectivity index (χ4v) is 3.76. The second-order valence-corrected chi connectivity index (χ2v) is 9.18. The molecule has 0 aliphatic carbocycles. The van der Waals surface area contributed by atoms with Crippen LogP contribution < -0.4 is 19.5 Å². The van der Waals surface area contributed by atoms with Gasteiger partial charge in [-0.25, -0.2) is 0 Å². The van der Waals surface area contributed by atoms with Crippen molar-refractivity contribution in [1.82, 2.24) is 0 Å². The number of rotatable bonds is 10. The predicted octanol–water partition coefficient (Wildman–Crippen LogP) is 7.36. The van der Waals surface area contributed by atoms with Crippen LogP contribution in [0.2, 0.25) is 5.02 Å². The van der Waals surface area contributed by atoms with E-state index in [9.17, 15) is 10.1 Å². The number of halogens is 1. The minimum Gasteiger partial charge on any atom is -0.493 e. The molecule has 0 aliphatic rings. The number of methoxy groups -OCH3 is 1. The molecule has 0 heterocycles. The van der Waals surface area contributed by atoms with Crippen LogP contribution in [-0.4, -0.2) is 13.0 Å². The highest BCUT2D eigenvalue weighted by Crippen LogP contribution is 2.30. The fraction of sp³-hybridized carbons (Fsp3) is 0.125. The van der Waals surface area contributed by atoms with Crippen molar-refractivity contribution in [3.05, 3.63) is 124 Å². The van der Waals surface area contributed by atoms with Crippen LogP contribution in [0.4, 0.5) is 5.69 Å². The van der Waals surface area contributed by atoms with Gasteiger partial charge in [-0.05, 0) is 78.2 Å². The Morgan fingerprint density at radius 1 is 0.872 bits per heavy atom. The molecule has 0 fully saturated rings. The molecule has 0 radical (unpaired) electrons. The van der Waals surface area contributed by atoms with Gasteiger partial charge >= 0.3 is 0 Å². The van der Waals surface area contributed by atoms with E-state index in [1.54, 1.807) is 49.6 Å². The fourth-order valence-electron chi connectivity index (χ4n) is 3.63. The minimum absolute atomic E-state index is 0.0477. The van der Waals surface area contributed by atoms with Crippen LogP contribution in [0.5, 0.6) is 17.2 Å². The van der Waals surface area contributed by atoms with Gasteiger partial charge in [0, 0.05) is 10.7 Å². The Morgan fingerprint density at radius 3 is 2.15 bits per heavy atom. The summed E-state index contributed by atoms with van der Waals surface area (Å²) in [6.45, 7) is 2.82. The van der Waals surface area contributed by atoms with E-state index in [0.717, 1.165) is 11.1 Å². The van der Waals surface area contributed by atoms with Crippen LogP contribution in [0.1, 0.15) is 22.3 Å². The Labute approximate surface area is 233 Å². The maximum atomic E-state index is 12.8.